The molecular weight excluding hydrogens is 308 g/mol. The molecule has 3 nitrogen and oxygen atoms in total. The Morgan fingerprint density at radius 2 is 1.56 bits per heavy atom. The maximum absolute atomic E-state index is 11.7. The van der Waals surface area contributed by atoms with Crippen molar-refractivity contribution in [1.82, 2.24) is 0 Å². The summed E-state index contributed by atoms with van der Waals surface area (Å²) in [5.41, 5.74) is 9.06. The van der Waals surface area contributed by atoms with Crippen molar-refractivity contribution < 1.29 is 4.79 Å². The van der Waals surface area contributed by atoms with E-state index in [1.165, 1.54) is 69.8 Å². The van der Waals surface area contributed by atoms with Gasteiger partial charge in [-0.1, -0.05) is 77.4 Å². The largest absolute Gasteiger partial charge is 0.397 e. The van der Waals surface area contributed by atoms with Crippen LogP contribution in [0.15, 0.2) is 30.4 Å². The molecule has 0 saturated heterocycles. The lowest BCUT2D eigenvalue weighted by atomic mass is 10.0. The van der Waals surface area contributed by atoms with E-state index in [2.05, 4.69) is 24.9 Å². The van der Waals surface area contributed by atoms with Gasteiger partial charge in [0, 0.05) is 5.57 Å². The highest BCUT2D eigenvalue weighted by atomic mass is 16.1. The number of hydrogen-bond acceptors (Lipinski definition) is 2. The first-order chi connectivity index (χ1) is 12.0. The summed E-state index contributed by atoms with van der Waals surface area (Å²) in [7, 11) is 0. The minimum Gasteiger partial charge on any atom is -0.397 e. The van der Waals surface area contributed by atoms with Crippen molar-refractivity contribution >= 4 is 17.3 Å². The van der Waals surface area contributed by atoms with Gasteiger partial charge in [-0.2, -0.15) is 0 Å². The predicted octanol–water partition coefficient (Wildman–Crippen LogP) is 6.25. The van der Waals surface area contributed by atoms with Crippen molar-refractivity contribution in [3.63, 3.8) is 0 Å². The fourth-order valence-corrected chi connectivity index (χ4v) is 2.93. The van der Waals surface area contributed by atoms with Crippen molar-refractivity contribution in [2.75, 3.05) is 11.1 Å². The van der Waals surface area contributed by atoms with Crippen LogP contribution in [0.5, 0.6) is 0 Å². The first-order valence-electron chi connectivity index (χ1n) is 9.90. The van der Waals surface area contributed by atoms with Crippen molar-refractivity contribution in [2.24, 2.45) is 0 Å². The Morgan fingerprint density at radius 3 is 2.08 bits per heavy atom. The summed E-state index contributed by atoms with van der Waals surface area (Å²) in [5.74, 6) is -0.186. The molecule has 0 saturated carbocycles. The number of nitrogens with two attached hydrogens (primary N) is 1. The van der Waals surface area contributed by atoms with Gasteiger partial charge in [-0.3, -0.25) is 4.79 Å². The standard InChI is InChI=1S/C22H36N2O/c1-4-5-6-7-8-9-10-11-12-13-14-19-15-16-21(20(23)17-19)24-22(25)18(2)3/h15-17H,2,4-14,23H2,1,3H3,(H,24,25). The second kappa shape index (κ2) is 12.6. The number of amides is 1. The molecule has 0 aliphatic carbocycles. The minimum atomic E-state index is -0.186. The molecule has 0 aromatic heterocycles. The predicted molar refractivity (Wildman–Crippen MR) is 110 cm³/mol. The Morgan fingerprint density at radius 1 is 1.00 bits per heavy atom. The maximum atomic E-state index is 11.7. The van der Waals surface area contributed by atoms with Crippen LogP contribution in [0.3, 0.4) is 0 Å². The summed E-state index contributed by atoms with van der Waals surface area (Å²) in [4.78, 5) is 11.7. The summed E-state index contributed by atoms with van der Waals surface area (Å²) in [6.45, 7) is 7.58. The molecule has 0 radical (unpaired) electrons. The Hall–Kier alpha value is -1.77. The summed E-state index contributed by atoms with van der Waals surface area (Å²) >= 11 is 0. The van der Waals surface area contributed by atoms with Crippen LogP contribution in [0, 0.1) is 0 Å². The van der Waals surface area contributed by atoms with Crippen LogP contribution in [-0.2, 0) is 11.2 Å². The molecule has 3 heteroatoms. The van der Waals surface area contributed by atoms with Gasteiger partial charge in [-0.15, -0.1) is 0 Å². The molecule has 0 heterocycles. The van der Waals surface area contributed by atoms with Crippen molar-refractivity contribution in [1.29, 1.82) is 0 Å². The Labute approximate surface area is 154 Å². The first kappa shape index (κ1) is 21.3. The number of carbonyl (C=O) groups excluding carboxylic acids is 1. The number of carbonyl (C=O) groups is 1. The van der Waals surface area contributed by atoms with Crippen LogP contribution in [0.4, 0.5) is 11.4 Å². The Kier molecular flexibility index (Phi) is 10.7. The number of rotatable bonds is 13. The second-order valence-corrected chi connectivity index (χ2v) is 7.09. The molecule has 1 aromatic rings. The van der Waals surface area contributed by atoms with E-state index in [0.717, 1.165) is 6.42 Å². The molecular formula is C22H36N2O. The van der Waals surface area contributed by atoms with E-state index >= 15 is 0 Å². The van der Waals surface area contributed by atoms with E-state index in [-0.39, 0.29) is 5.91 Å². The van der Waals surface area contributed by atoms with Crippen molar-refractivity contribution in [2.45, 2.75) is 84.5 Å². The summed E-state index contributed by atoms with van der Waals surface area (Å²) < 4.78 is 0. The molecule has 25 heavy (non-hydrogen) atoms. The zero-order chi connectivity index (χ0) is 18.5. The van der Waals surface area contributed by atoms with Gasteiger partial charge in [0.05, 0.1) is 11.4 Å². The molecule has 0 spiro atoms. The minimum absolute atomic E-state index is 0.186. The number of nitrogen functional groups attached to an aromatic ring is 1. The topological polar surface area (TPSA) is 55.1 Å². The third-order valence-electron chi connectivity index (χ3n) is 4.57. The monoisotopic (exact) mass is 344 g/mol. The number of nitrogens with one attached hydrogen (secondary N) is 1. The van der Waals surface area contributed by atoms with Gasteiger partial charge in [0.15, 0.2) is 0 Å². The van der Waals surface area contributed by atoms with Crippen LogP contribution < -0.4 is 11.1 Å². The van der Waals surface area contributed by atoms with Gasteiger partial charge in [0.1, 0.15) is 0 Å². The number of hydrogen-bond donors (Lipinski definition) is 2. The fourth-order valence-electron chi connectivity index (χ4n) is 2.93. The summed E-state index contributed by atoms with van der Waals surface area (Å²) in [6, 6.07) is 5.92. The highest BCUT2D eigenvalue weighted by Crippen LogP contribution is 2.22. The van der Waals surface area contributed by atoms with E-state index in [1.807, 2.05) is 12.1 Å². The van der Waals surface area contributed by atoms with Crippen molar-refractivity contribution in [3.8, 4) is 0 Å². The van der Waals surface area contributed by atoms with Gasteiger partial charge < -0.3 is 11.1 Å². The van der Waals surface area contributed by atoms with Crippen LogP contribution in [0.2, 0.25) is 0 Å². The van der Waals surface area contributed by atoms with Gasteiger partial charge in [0.2, 0.25) is 0 Å². The lowest BCUT2D eigenvalue weighted by molar-refractivity contribution is -0.112. The SMILES string of the molecule is C=C(C)C(=O)Nc1ccc(CCCCCCCCCCCC)cc1N. The van der Waals surface area contributed by atoms with Crippen LogP contribution in [0.1, 0.15) is 83.6 Å². The van der Waals surface area contributed by atoms with Gasteiger partial charge >= 0.3 is 0 Å². The third-order valence-corrected chi connectivity index (χ3v) is 4.57. The smallest absolute Gasteiger partial charge is 0.250 e. The van der Waals surface area contributed by atoms with Gasteiger partial charge in [-0.05, 0) is 37.5 Å². The zero-order valence-corrected chi connectivity index (χ0v) is 16.2. The maximum Gasteiger partial charge on any atom is 0.250 e. The average Bonchev–Trinajstić information content (AvgIpc) is 2.58. The van der Waals surface area contributed by atoms with E-state index in [1.54, 1.807) is 6.92 Å². The normalized spacial score (nSPS) is 10.6. The molecule has 3 N–H and O–H groups in total. The zero-order valence-electron chi connectivity index (χ0n) is 16.2. The molecule has 1 amide bonds. The second-order valence-electron chi connectivity index (χ2n) is 7.09. The molecule has 1 aromatic carbocycles. The Bertz CT molecular complexity index is 537. The molecule has 1 rings (SSSR count). The van der Waals surface area contributed by atoms with Crippen LogP contribution in [0.25, 0.3) is 0 Å². The number of unbranched alkanes of at least 4 members (excludes halogenated alkanes) is 9. The molecule has 0 bridgehead atoms. The van der Waals surface area contributed by atoms with E-state index in [0.29, 0.717) is 16.9 Å². The van der Waals surface area contributed by atoms with E-state index < -0.39 is 0 Å². The van der Waals surface area contributed by atoms with Crippen molar-refractivity contribution in [3.05, 3.63) is 35.9 Å². The molecule has 0 atom stereocenters. The number of aryl methyl sites for hydroxylation is 1. The highest BCUT2D eigenvalue weighted by Gasteiger charge is 2.06. The number of anilines is 2. The molecule has 0 aliphatic heterocycles. The fraction of sp³-hybridized carbons (Fsp3) is 0.591. The number of benzene rings is 1. The average molecular weight is 345 g/mol. The molecule has 140 valence electrons. The van der Waals surface area contributed by atoms with Gasteiger partial charge in [0.25, 0.3) is 5.91 Å². The van der Waals surface area contributed by atoms with E-state index in [9.17, 15) is 4.79 Å². The molecule has 0 fully saturated rings. The Balaban J connectivity index is 2.18. The lowest BCUT2D eigenvalue weighted by Crippen LogP contribution is -2.13. The highest BCUT2D eigenvalue weighted by molar-refractivity contribution is 6.04. The molecule has 0 aliphatic rings. The molecule has 0 unspecified atom stereocenters. The summed E-state index contributed by atoms with van der Waals surface area (Å²) in [5, 5.41) is 2.78. The van der Waals surface area contributed by atoms with Crippen LogP contribution >= 0.6 is 0 Å². The third kappa shape index (κ3) is 9.33. The lowest BCUT2D eigenvalue weighted by Gasteiger charge is -2.10. The van der Waals surface area contributed by atoms with Gasteiger partial charge in [-0.25, -0.2) is 0 Å². The summed E-state index contributed by atoms with van der Waals surface area (Å²) in [6.07, 6.45) is 14.5. The van der Waals surface area contributed by atoms with E-state index in [4.69, 9.17) is 5.73 Å². The first-order valence-corrected chi connectivity index (χ1v) is 9.90. The quantitative estimate of drug-likeness (QED) is 0.252. The van der Waals surface area contributed by atoms with Crippen LogP contribution in [-0.4, -0.2) is 5.91 Å².